The van der Waals surface area contributed by atoms with Crippen molar-refractivity contribution in [3.05, 3.63) is 34.9 Å². The van der Waals surface area contributed by atoms with Crippen LogP contribution in [0.2, 0.25) is 5.02 Å². The van der Waals surface area contributed by atoms with Crippen molar-refractivity contribution in [2.75, 3.05) is 0 Å². The third-order valence-corrected chi connectivity index (χ3v) is 4.81. The van der Waals surface area contributed by atoms with E-state index in [9.17, 15) is 9.59 Å². The number of hydrogen-bond donors (Lipinski definition) is 0. The molecule has 3 rings (SSSR count). The van der Waals surface area contributed by atoms with Crippen LogP contribution >= 0.6 is 11.6 Å². The Bertz CT molecular complexity index is 532. The summed E-state index contributed by atoms with van der Waals surface area (Å²) in [7, 11) is 0. The van der Waals surface area contributed by atoms with Crippen LogP contribution in [0.4, 0.5) is 0 Å². The van der Waals surface area contributed by atoms with Crippen molar-refractivity contribution < 1.29 is 9.59 Å². The van der Waals surface area contributed by atoms with E-state index in [1.165, 1.54) is 11.3 Å². The van der Waals surface area contributed by atoms with Gasteiger partial charge in [0, 0.05) is 11.4 Å². The molecule has 106 valence electrons. The molecular weight excluding hydrogens is 274 g/mol. The van der Waals surface area contributed by atoms with E-state index in [-0.39, 0.29) is 17.2 Å². The van der Waals surface area contributed by atoms with Crippen molar-refractivity contribution in [3.8, 4) is 0 Å². The van der Waals surface area contributed by atoms with Gasteiger partial charge in [-0.15, -0.1) is 0 Å². The monoisotopic (exact) mass is 291 g/mol. The van der Waals surface area contributed by atoms with Gasteiger partial charge in [0.15, 0.2) is 0 Å². The van der Waals surface area contributed by atoms with Gasteiger partial charge in [0.1, 0.15) is 0 Å². The first-order valence-electron chi connectivity index (χ1n) is 7.20. The molecule has 2 fully saturated rings. The van der Waals surface area contributed by atoms with Gasteiger partial charge in [0.25, 0.3) is 0 Å². The Hall–Kier alpha value is -1.35. The zero-order chi connectivity index (χ0) is 14.2. The fourth-order valence-corrected chi connectivity index (χ4v) is 3.54. The van der Waals surface area contributed by atoms with E-state index >= 15 is 0 Å². The van der Waals surface area contributed by atoms with Crippen molar-refractivity contribution in [1.29, 1.82) is 0 Å². The average Bonchev–Trinajstić information content (AvgIpc) is 2.67. The summed E-state index contributed by atoms with van der Waals surface area (Å²) >= 11 is 5.85. The molecule has 1 saturated heterocycles. The molecule has 1 heterocycles. The topological polar surface area (TPSA) is 37.4 Å². The Morgan fingerprint density at radius 3 is 2.35 bits per heavy atom. The molecule has 1 aromatic rings. The van der Waals surface area contributed by atoms with E-state index < -0.39 is 0 Å². The minimum atomic E-state index is -0.387. The molecule has 4 heteroatoms. The standard InChI is InChI=1S/C16H18ClNO2/c17-13-6-4-12(5-7-13)11-18-14(19)10-16(15(18)20)8-2-1-3-9-16/h4-7H,1-3,8-11H2. The third-order valence-electron chi connectivity index (χ3n) is 4.55. The number of imide groups is 1. The van der Waals surface area contributed by atoms with Crippen LogP contribution < -0.4 is 0 Å². The van der Waals surface area contributed by atoms with Crippen molar-refractivity contribution in [3.63, 3.8) is 0 Å². The lowest BCUT2D eigenvalue weighted by molar-refractivity contribution is -0.142. The molecule has 0 unspecified atom stereocenters. The molecule has 0 atom stereocenters. The fourth-order valence-electron chi connectivity index (χ4n) is 3.41. The maximum atomic E-state index is 12.6. The van der Waals surface area contributed by atoms with Crippen LogP contribution in [0.15, 0.2) is 24.3 Å². The fraction of sp³-hybridized carbons (Fsp3) is 0.500. The van der Waals surface area contributed by atoms with Crippen LogP contribution in [0, 0.1) is 5.41 Å². The van der Waals surface area contributed by atoms with E-state index in [1.807, 2.05) is 12.1 Å². The van der Waals surface area contributed by atoms with Crippen molar-refractivity contribution in [1.82, 2.24) is 4.90 Å². The highest BCUT2D eigenvalue weighted by molar-refractivity contribution is 6.30. The maximum Gasteiger partial charge on any atom is 0.236 e. The normalized spacial score (nSPS) is 21.8. The van der Waals surface area contributed by atoms with Crippen LogP contribution in [-0.4, -0.2) is 16.7 Å². The van der Waals surface area contributed by atoms with Gasteiger partial charge in [-0.05, 0) is 30.5 Å². The molecule has 2 amide bonds. The van der Waals surface area contributed by atoms with E-state index in [1.54, 1.807) is 12.1 Å². The lowest BCUT2D eigenvalue weighted by Gasteiger charge is -2.30. The maximum absolute atomic E-state index is 12.6. The second-order valence-electron chi connectivity index (χ2n) is 5.93. The zero-order valence-electron chi connectivity index (χ0n) is 11.4. The first kappa shape index (κ1) is 13.6. The summed E-state index contributed by atoms with van der Waals surface area (Å²) in [6.45, 7) is 0.372. The van der Waals surface area contributed by atoms with Crippen LogP contribution in [0.3, 0.4) is 0 Å². The highest BCUT2D eigenvalue weighted by Crippen LogP contribution is 2.45. The number of likely N-dealkylation sites (tertiary alicyclic amines) is 1. The van der Waals surface area contributed by atoms with Gasteiger partial charge in [0.2, 0.25) is 11.8 Å². The second-order valence-corrected chi connectivity index (χ2v) is 6.37. The predicted octanol–water partition coefficient (Wildman–Crippen LogP) is 3.55. The predicted molar refractivity (Wildman–Crippen MR) is 77.1 cm³/mol. The van der Waals surface area contributed by atoms with Gasteiger partial charge in [-0.1, -0.05) is 43.0 Å². The molecule has 0 bridgehead atoms. The van der Waals surface area contributed by atoms with Gasteiger partial charge in [0.05, 0.1) is 12.0 Å². The SMILES string of the molecule is O=C1CC2(CCCCC2)C(=O)N1Cc1ccc(Cl)cc1. The van der Waals surface area contributed by atoms with Gasteiger partial charge < -0.3 is 0 Å². The van der Waals surface area contributed by atoms with E-state index in [0.29, 0.717) is 18.0 Å². The number of nitrogens with zero attached hydrogens (tertiary/aromatic N) is 1. The minimum absolute atomic E-state index is 0.0214. The highest BCUT2D eigenvalue weighted by atomic mass is 35.5. The van der Waals surface area contributed by atoms with Crippen molar-refractivity contribution in [2.45, 2.75) is 45.1 Å². The summed E-state index contributed by atoms with van der Waals surface area (Å²) in [5, 5.41) is 0.663. The first-order chi connectivity index (χ1) is 9.61. The Balaban J connectivity index is 1.78. The van der Waals surface area contributed by atoms with Crippen molar-refractivity contribution in [2.24, 2.45) is 5.41 Å². The second kappa shape index (κ2) is 5.21. The molecule has 0 N–H and O–H groups in total. The number of amides is 2. The van der Waals surface area contributed by atoms with Crippen molar-refractivity contribution >= 4 is 23.4 Å². The molecule has 0 radical (unpaired) electrons. The van der Waals surface area contributed by atoms with Gasteiger partial charge in [-0.25, -0.2) is 0 Å². The van der Waals surface area contributed by atoms with Crippen LogP contribution in [0.1, 0.15) is 44.1 Å². The van der Waals surface area contributed by atoms with Crippen LogP contribution in [0.5, 0.6) is 0 Å². The molecule has 3 nitrogen and oxygen atoms in total. The Labute approximate surface area is 123 Å². The number of carbonyl (C=O) groups is 2. The lowest BCUT2D eigenvalue weighted by atomic mass is 9.73. The van der Waals surface area contributed by atoms with E-state index in [4.69, 9.17) is 11.6 Å². The first-order valence-corrected chi connectivity index (χ1v) is 7.58. The van der Waals surface area contributed by atoms with Crippen LogP contribution in [0.25, 0.3) is 0 Å². The largest absolute Gasteiger partial charge is 0.278 e. The summed E-state index contributed by atoms with van der Waals surface area (Å²) in [5.74, 6) is 0.0176. The number of halogens is 1. The quantitative estimate of drug-likeness (QED) is 0.782. The lowest BCUT2D eigenvalue weighted by Crippen LogP contribution is -2.36. The Morgan fingerprint density at radius 1 is 1.05 bits per heavy atom. The summed E-state index contributed by atoms with van der Waals surface area (Å²) in [4.78, 5) is 26.3. The highest BCUT2D eigenvalue weighted by Gasteiger charge is 2.51. The molecule has 1 saturated carbocycles. The summed E-state index contributed by atoms with van der Waals surface area (Å²) in [5.41, 5.74) is 0.561. The summed E-state index contributed by atoms with van der Waals surface area (Å²) in [6, 6.07) is 7.32. The average molecular weight is 292 g/mol. The number of hydrogen-bond acceptors (Lipinski definition) is 2. The molecule has 2 aliphatic rings. The Kier molecular flexibility index (Phi) is 3.55. The Morgan fingerprint density at radius 2 is 1.70 bits per heavy atom. The van der Waals surface area contributed by atoms with E-state index in [0.717, 1.165) is 31.2 Å². The molecule has 1 aliphatic carbocycles. The zero-order valence-corrected chi connectivity index (χ0v) is 12.2. The molecule has 1 spiro atoms. The molecule has 20 heavy (non-hydrogen) atoms. The molecule has 1 aromatic carbocycles. The van der Waals surface area contributed by atoms with Gasteiger partial charge in [-0.2, -0.15) is 0 Å². The number of carbonyl (C=O) groups excluding carboxylic acids is 2. The smallest absolute Gasteiger partial charge is 0.236 e. The van der Waals surface area contributed by atoms with Crippen LogP contribution in [-0.2, 0) is 16.1 Å². The van der Waals surface area contributed by atoms with E-state index in [2.05, 4.69) is 0 Å². The molecule has 0 aromatic heterocycles. The van der Waals surface area contributed by atoms with Gasteiger partial charge in [-0.3, -0.25) is 14.5 Å². The molecular formula is C16H18ClNO2. The minimum Gasteiger partial charge on any atom is -0.278 e. The summed E-state index contributed by atoms with van der Waals surface area (Å²) in [6.07, 6.45) is 5.45. The van der Waals surface area contributed by atoms with Gasteiger partial charge >= 0.3 is 0 Å². The number of rotatable bonds is 2. The summed E-state index contributed by atoms with van der Waals surface area (Å²) < 4.78 is 0. The third kappa shape index (κ3) is 2.35. The molecule has 1 aliphatic heterocycles. The number of benzene rings is 1.